The Labute approximate surface area is 173 Å². The third kappa shape index (κ3) is 4.89. The van der Waals surface area contributed by atoms with Gasteiger partial charge in [0.15, 0.2) is 5.13 Å². The number of thiazole rings is 1. The van der Waals surface area contributed by atoms with Gasteiger partial charge in [-0.1, -0.05) is 17.4 Å². The summed E-state index contributed by atoms with van der Waals surface area (Å²) in [5.41, 5.74) is 2.58. The van der Waals surface area contributed by atoms with Gasteiger partial charge < -0.3 is 15.5 Å². The Bertz CT molecular complexity index is 1000. The molecule has 8 heteroatoms. The van der Waals surface area contributed by atoms with Gasteiger partial charge in [0.05, 0.1) is 10.2 Å². The summed E-state index contributed by atoms with van der Waals surface area (Å²) < 4.78 is 0.967. The maximum Gasteiger partial charge on any atom is 0.251 e. The first-order valence-corrected chi connectivity index (χ1v) is 10.6. The van der Waals surface area contributed by atoms with Crippen molar-refractivity contribution in [2.24, 2.45) is 0 Å². The van der Waals surface area contributed by atoms with Crippen molar-refractivity contribution < 1.29 is 9.59 Å². The van der Waals surface area contributed by atoms with Crippen molar-refractivity contribution in [3.63, 3.8) is 0 Å². The molecule has 7 nitrogen and oxygen atoms in total. The lowest BCUT2D eigenvalue weighted by atomic mass is 10.2. The van der Waals surface area contributed by atoms with E-state index in [9.17, 15) is 9.59 Å². The van der Waals surface area contributed by atoms with Gasteiger partial charge in [-0.25, -0.2) is 4.98 Å². The summed E-state index contributed by atoms with van der Waals surface area (Å²) in [6, 6.07) is 9.46. The lowest BCUT2D eigenvalue weighted by molar-refractivity contribution is -0.127. The molecule has 0 atom stereocenters. The second-order valence-corrected chi connectivity index (χ2v) is 8.04. The van der Waals surface area contributed by atoms with Crippen LogP contribution in [0.1, 0.15) is 35.2 Å². The number of rotatable bonds is 8. The van der Waals surface area contributed by atoms with Crippen LogP contribution in [-0.2, 0) is 11.3 Å². The predicted octanol–water partition coefficient (Wildman–Crippen LogP) is 3.05. The minimum Gasteiger partial charge on any atom is -0.357 e. The highest BCUT2D eigenvalue weighted by molar-refractivity contribution is 7.22. The number of nitrogens with one attached hydrogen (secondary N) is 2. The molecule has 2 N–H and O–H groups in total. The first kappa shape index (κ1) is 19.3. The van der Waals surface area contributed by atoms with E-state index in [0.717, 1.165) is 40.3 Å². The molecule has 3 heterocycles. The number of hydrogen-bond acceptors (Lipinski definition) is 6. The zero-order valence-electron chi connectivity index (χ0n) is 16.1. The molecule has 0 bridgehead atoms. The topological polar surface area (TPSA) is 87.2 Å². The first-order valence-electron chi connectivity index (χ1n) is 9.78. The molecule has 1 saturated heterocycles. The minimum atomic E-state index is -0.0992. The number of carbonyl (C=O) groups is 2. The van der Waals surface area contributed by atoms with Crippen LogP contribution in [0, 0.1) is 0 Å². The van der Waals surface area contributed by atoms with Gasteiger partial charge in [0, 0.05) is 50.6 Å². The fraction of sp³-hybridized carbons (Fsp3) is 0.333. The third-order valence-electron chi connectivity index (χ3n) is 4.88. The van der Waals surface area contributed by atoms with E-state index in [1.807, 2.05) is 35.4 Å². The molecule has 0 saturated carbocycles. The van der Waals surface area contributed by atoms with E-state index in [4.69, 9.17) is 0 Å². The van der Waals surface area contributed by atoms with E-state index in [2.05, 4.69) is 20.6 Å². The number of hydrogen-bond donors (Lipinski definition) is 2. The lowest BCUT2D eigenvalue weighted by Crippen LogP contribution is -2.30. The molecule has 1 aliphatic rings. The average molecular weight is 410 g/mol. The number of anilines is 1. The van der Waals surface area contributed by atoms with Gasteiger partial charge in [-0.3, -0.25) is 14.6 Å². The molecule has 1 aliphatic heterocycles. The van der Waals surface area contributed by atoms with Crippen LogP contribution in [0.25, 0.3) is 10.2 Å². The molecule has 2 aromatic heterocycles. The summed E-state index contributed by atoms with van der Waals surface area (Å²) >= 11 is 1.53. The highest BCUT2D eigenvalue weighted by Gasteiger charge is 2.19. The normalized spacial score (nSPS) is 13.8. The first-order chi connectivity index (χ1) is 14.2. The Morgan fingerprint density at radius 1 is 1.28 bits per heavy atom. The molecule has 3 aromatic rings. The fourth-order valence-corrected chi connectivity index (χ4v) is 4.24. The number of nitrogens with zero attached hydrogens (tertiary/aromatic N) is 3. The monoisotopic (exact) mass is 409 g/mol. The van der Waals surface area contributed by atoms with Gasteiger partial charge in [0.1, 0.15) is 0 Å². The molecule has 0 radical (unpaired) electrons. The van der Waals surface area contributed by atoms with Crippen molar-refractivity contribution in [1.82, 2.24) is 20.2 Å². The van der Waals surface area contributed by atoms with Gasteiger partial charge in [-0.2, -0.15) is 0 Å². The summed E-state index contributed by atoms with van der Waals surface area (Å²) in [4.78, 5) is 34.6. The van der Waals surface area contributed by atoms with Crippen molar-refractivity contribution in [2.75, 3.05) is 25.0 Å². The Balaban J connectivity index is 1.30. The molecular weight excluding hydrogens is 386 g/mol. The van der Waals surface area contributed by atoms with Crippen molar-refractivity contribution >= 4 is 38.5 Å². The zero-order chi connectivity index (χ0) is 20.1. The Hall–Kier alpha value is -3.00. The molecule has 0 unspecified atom stereocenters. The number of pyridine rings is 1. The number of amides is 2. The van der Waals surface area contributed by atoms with Crippen LogP contribution in [0.5, 0.6) is 0 Å². The van der Waals surface area contributed by atoms with Gasteiger partial charge >= 0.3 is 0 Å². The number of fused-ring (bicyclic) bond motifs is 1. The number of benzene rings is 1. The zero-order valence-corrected chi connectivity index (χ0v) is 16.9. The SMILES string of the molecule is O=C(NCCCN1CCCC1=O)c1ccc2nc(NCc3cccnc3)sc2c1. The quantitative estimate of drug-likeness (QED) is 0.559. The third-order valence-corrected chi connectivity index (χ3v) is 5.85. The Morgan fingerprint density at radius 3 is 3.00 bits per heavy atom. The summed E-state index contributed by atoms with van der Waals surface area (Å²) in [5.74, 6) is 0.123. The second-order valence-electron chi connectivity index (χ2n) is 7.01. The predicted molar refractivity (Wildman–Crippen MR) is 114 cm³/mol. The van der Waals surface area contributed by atoms with Gasteiger partial charge in [0.2, 0.25) is 5.91 Å². The Kier molecular flexibility index (Phi) is 6.00. The van der Waals surface area contributed by atoms with E-state index in [-0.39, 0.29) is 11.8 Å². The maximum atomic E-state index is 12.4. The van der Waals surface area contributed by atoms with E-state index in [0.29, 0.717) is 31.6 Å². The molecular formula is C21H23N5O2S. The molecule has 0 aliphatic carbocycles. The highest BCUT2D eigenvalue weighted by Crippen LogP contribution is 2.27. The standard InChI is InChI=1S/C21H23N5O2S/c27-19-5-2-10-26(19)11-3-9-23-20(28)16-6-7-17-18(12-16)29-21(25-17)24-14-15-4-1-8-22-13-15/h1,4,6-8,12-13H,2-3,5,9-11,14H2,(H,23,28)(H,24,25). The molecule has 0 spiro atoms. The average Bonchev–Trinajstić information content (AvgIpc) is 3.35. The molecule has 150 valence electrons. The number of likely N-dealkylation sites (tertiary alicyclic amines) is 1. The molecule has 4 rings (SSSR count). The van der Waals surface area contributed by atoms with Crippen molar-refractivity contribution in [2.45, 2.75) is 25.8 Å². The van der Waals surface area contributed by atoms with Crippen molar-refractivity contribution in [1.29, 1.82) is 0 Å². The molecule has 1 aromatic carbocycles. The van der Waals surface area contributed by atoms with E-state index < -0.39 is 0 Å². The van der Waals surface area contributed by atoms with Crippen LogP contribution >= 0.6 is 11.3 Å². The van der Waals surface area contributed by atoms with Crippen LogP contribution in [-0.4, -0.2) is 46.3 Å². The van der Waals surface area contributed by atoms with E-state index >= 15 is 0 Å². The molecule has 2 amide bonds. The minimum absolute atomic E-state index is 0.0992. The van der Waals surface area contributed by atoms with Crippen LogP contribution < -0.4 is 10.6 Å². The lowest BCUT2D eigenvalue weighted by Gasteiger charge is -2.15. The van der Waals surface area contributed by atoms with E-state index in [1.165, 1.54) is 11.3 Å². The summed E-state index contributed by atoms with van der Waals surface area (Å²) in [7, 11) is 0. The van der Waals surface area contributed by atoms with Crippen LogP contribution in [0.3, 0.4) is 0 Å². The summed E-state index contributed by atoms with van der Waals surface area (Å²) in [6.45, 7) is 2.76. The Morgan fingerprint density at radius 2 is 2.21 bits per heavy atom. The van der Waals surface area contributed by atoms with Gasteiger partial charge in [-0.05, 0) is 42.7 Å². The molecule has 1 fully saturated rings. The summed E-state index contributed by atoms with van der Waals surface area (Å²) in [5, 5.41) is 7.06. The van der Waals surface area contributed by atoms with Gasteiger partial charge in [0.25, 0.3) is 5.91 Å². The molecule has 29 heavy (non-hydrogen) atoms. The fourth-order valence-electron chi connectivity index (χ4n) is 3.34. The smallest absolute Gasteiger partial charge is 0.251 e. The summed E-state index contributed by atoms with van der Waals surface area (Å²) in [6.07, 6.45) is 5.93. The van der Waals surface area contributed by atoms with Gasteiger partial charge in [-0.15, -0.1) is 0 Å². The number of aromatic nitrogens is 2. The number of carbonyl (C=O) groups excluding carboxylic acids is 2. The van der Waals surface area contributed by atoms with Crippen molar-refractivity contribution in [3.05, 3.63) is 53.9 Å². The van der Waals surface area contributed by atoms with E-state index in [1.54, 1.807) is 12.3 Å². The van der Waals surface area contributed by atoms with Crippen LogP contribution in [0.2, 0.25) is 0 Å². The van der Waals surface area contributed by atoms with Crippen LogP contribution in [0.15, 0.2) is 42.7 Å². The van der Waals surface area contributed by atoms with Crippen LogP contribution in [0.4, 0.5) is 5.13 Å². The highest BCUT2D eigenvalue weighted by atomic mass is 32.1. The second kappa shape index (κ2) is 9.00. The maximum absolute atomic E-state index is 12.4. The largest absolute Gasteiger partial charge is 0.357 e. The van der Waals surface area contributed by atoms with Crippen molar-refractivity contribution in [3.8, 4) is 0 Å².